The highest BCUT2D eigenvalue weighted by molar-refractivity contribution is 7.13. The van der Waals surface area contributed by atoms with E-state index in [9.17, 15) is 9.59 Å². The quantitative estimate of drug-likeness (QED) is 0.591. The molecule has 1 aromatic carbocycles. The van der Waals surface area contributed by atoms with Crippen molar-refractivity contribution in [1.82, 2.24) is 15.2 Å². The van der Waals surface area contributed by atoms with Gasteiger partial charge in [0.1, 0.15) is 5.56 Å². The molecule has 0 aliphatic carbocycles. The van der Waals surface area contributed by atoms with Crippen LogP contribution in [0.5, 0.6) is 5.88 Å². The molecular weight excluding hydrogens is 422 g/mol. The third-order valence-electron chi connectivity index (χ3n) is 5.91. The Morgan fingerprint density at radius 1 is 1.22 bits per heavy atom. The molecule has 1 N–H and O–H groups in total. The summed E-state index contributed by atoms with van der Waals surface area (Å²) in [6, 6.07) is 15.9. The van der Waals surface area contributed by atoms with E-state index in [-0.39, 0.29) is 11.8 Å². The van der Waals surface area contributed by atoms with E-state index in [0.717, 1.165) is 11.1 Å². The molecule has 7 heteroatoms. The number of nitrogens with one attached hydrogen (secondary N) is 1. The van der Waals surface area contributed by atoms with Gasteiger partial charge in [-0.15, -0.1) is 11.3 Å². The number of benzene rings is 1. The van der Waals surface area contributed by atoms with Crippen LogP contribution in [-0.4, -0.2) is 48.4 Å². The summed E-state index contributed by atoms with van der Waals surface area (Å²) in [5.74, 6) is 0.145. The lowest BCUT2D eigenvalue weighted by molar-refractivity contribution is -0.129. The van der Waals surface area contributed by atoms with Gasteiger partial charge in [0.25, 0.3) is 5.91 Å². The predicted octanol–water partition coefficient (Wildman–Crippen LogP) is 4.03. The Morgan fingerprint density at radius 2 is 2.09 bits per heavy atom. The number of carbonyl (C=O) groups is 2. The fraction of sp³-hybridized carbons (Fsp3) is 0.320. The fourth-order valence-corrected chi connectivity index (χ4v) is 5.09. The number of rotatable bonds is 7. The molecule has 1 saturated heterocycles. The van der Waals surface area contributed by atoms with E-state index in [1.165, 1.54) is 4.88 Å². The molecule has 2 amide bonds. The zero-order valence-electron chi connectivity index (χ0n) is 18.3. The van der Waals surface area contributed by atoms with Crippen LogP contribution in [-0.2, 0) is 11.2 Å². The summed E-state index contributed by atoms with van der Waals surface area (Å²) in [7, 11) is 1.66. The maximum Gasteiger partial charge on any atom is 0.259 e. The molecule has 32 heavy (non-hydrogen) atoms. The number of amides is 2. The molecular formula is C25H27N3O3S. The highest BCUT2D eigenvalue weighted by Crippen LogP contribution is 2.37. The van der Waals surface area contributed by atoms with Crippen molar-refractivity contribution in [2.45, 2.75) is 19.8 Å². The molecule has 1 fully saturated rings. The zero-order valence-corrected chi connectivity index (χ0v) is 19.2. The molecule has 0 bridgehead atoms. The van der Waals surface area contributed by atoms with Gasteiger partial charge in [-0.2, -0.15) is 0 Å². The lowest BCUT2D eigenvalue weighted by atomic mass is 9.79. The van der Waals surface area contributed by atoms with Crippen LogP contribution in [0.25, 0.3) is 10.4 Å². The summed E-state index contributed by atoms with van der Waals surface area (Å²) in [6.45, 7) is 3.16. The van der Waals surface area contributed by atoms with E-state index in [4.69, 9.17) is 4.74 Å². The minimum atomic E-state index is -0.674. The third-order valence-corrected chi connectivity index (χ3v) is 6.83. The SMILES string of the molecule is CCOc1ncccc1C(=O)N1CC[C@@](Cc2cccc(-c3cccs3)c2)(C(=O)NC)C1. The second-order valence-electron chi connectivity index (χ2n) is 7.98. The first-order chi connectivity index (χ1) is 15.6. The molecule has 0 unspecified atom stereocenters. The highest BCUT2D eigenvalue weighted by Gasteiger charge is 2.46. The molecule has 0 spiro atoms. The number of hydrogen-bond acceptors (Lipinski definition) is 5. The summed E-state index contributed by atoms with van der Waals surface area (Å²) >= 11 is 1.69. The van der Waals surface area contributed by atoms with E-state index in [1.807, 2.05) is 19.1 Å². The first-order valence-electron chi connectivity index (χ1n) is 10.8. The summed E-state index contributed by atoms with van der Waals surface area (Å²) in [5.41, 5.74) is 1.99. The van der Waals surface area contributed by atoms with Crippen molar-refractivity contribution in [3.63, 3.8) is 0 Å². The number of aromatic nitrogens is 1. The largest absolute Gasteiger partial charge is 0.477 e. The van der Waals surface area contributed by atoms with Crippen LogP contribution in [0.2, 0.25) is 0 Å². The van der Waals surface area contributed by atoms with E-state index >= 15 is 0 Å². The molecule has 3 aromatic rings. The van der Waals surface area contributed by atoms with Crippen molar-refractivity contribution < 1.29 is 14.3 Å². The molecule has 0 saturated carbocycles. The zero-order chi connectivity index (χ0) is 22.6. The van der Waals surface area contributed by atoms with Crippen molar-refractivity contribution in [2.75, 3.05) is 26.7 Å². The van der Waals surface area contributed by atoms with Crippen molar-refractivity contribution in [1.29, 1.82) is 0 Å². The van der Waals surface area contributed by atoms with Gasteiger partial charge in [0, 0.05) is 31.2 Å². The van der Waals surface area contributed by atoms with Gasteiger partial charge in [-0.1, -0.05) is 30.3 Å². The molecule has 0 radical (unpaired) electrons. The van der Waals surface area contributed by atoms with Crippen LogP contribution in [0.15, 0.2) is 60.1 Å². The van der Waals surface area contributed by atoms with Crippen LogP contribution in [0, 0.1) is 5.41 Å². The van der Waals surface area contributed by atoms with Gasteiger partial charge in [0.15, 0.2) is 0 Å². The van der Waals surface area contributed by atoms with Crippen LogP contribution in [0.4, 0.5) is 0 Å². The van der Waals surface area contributed by atoms with Gasteiger partial charge >= 0.3 is 0 Å². The molecule has 1 aliphatic heterocycles. The first kappa shape index (κ1) is 22.0. The smallest absolute Gasteiger partial charge is 0.259 e. The average Bonchev–Trinajstić information content (AvgIpc) is 3.50. The maximum absolute atomic E-state index is 13.3. The first-order valence-corrected chi connectivity index (χ1v) is 11.7. The number of hydrogen-bond donors (Lipinski definition) is 1. The Morgan fingerprint density at radius 3 is 2.84 bits per heavy atom. The van der Waals surface area contributed by atoms with Gasteiger partial charge in [0.05, 0.1) is 12.0 Å². The number of likely N-dealkylation sites (tertiary alicyclic amines) is 1. The van der Waals surface area contributed by atoms with E-state index in [0.29, 0.717) is 44.0 Å². The Labute approximate surface area is 192 Å². The maximum atomic E-state index is 13.3. The van der Waals surface area contributed by atoms with Gasteiger partial charge in [0.2, 0.25) is 11.8 Å². The number of thiophene rings is 1. The third kappa shape index (κ3) is 4.39. The monoisotopic (exact) mass is 449 g/mol. The normalized spacial score (nSPS) is 17.9. The van der Waals surface area contributed by atoms with Crippen LogP contribution in [0.1, 0.15) is 29.3 Å². The Bertz CT molecular complexity index is 1100. The second kappa shape index (κ2) is 9.53. The van der Waals surface area contributed by atoms with Gasteiger partial charge in [-0.05, 0) is 54.5 Å². The second-order valence-corrected chi connectivity index (χ2v) is 8.93. The molecule has 6 nitrogen and oxygen atoms in total. The minimum absolute atomic E-state index is 0.0365. The van der Waals surface area contributed by atoms with Gasteiger partial charge in [-0.25, -0.2) is 4.98 Å². The van der Waals surface area contributed by atoms with Gasteiger partial charge < -0.3 is 15.0 Å². The minimum Gasteiger partial charge on any atom is -0.477 e. The van der Waals surface area contributed by atoms with Crippen molar-refractivity contribution >= 4 is 23.2 Å². The van der Waals surface area contributed by atoms with Crippen LogP contribution in [0.3, 0.4) is 0 Å². The standard InChI is InChI=1S/C25H27N3O3S/c1-3-31-22-20(9-5-12-27-22)23(29)28-13-11-25(17-28,24(30)26-2)16-18-7-4-8-19(15-18)21-10-6-14-32-21/h4-10,12,14-15H,3,11,13,16-17H2,1-2H3,(H,26,30)/t25-/m0/s1. The summed E-state index contributed by atoms with van der Waals surface area (Å²) in [6.07, 6.45) is 2.79. The number of carbonyl (C=O) groups excluding carboxylic acids is 2. The molecule has 1 atom stereocenters. The molecule has 2 aromatic heterocycles. The summed E-state index contributed by atoms with van der Waals surface area (Å²) in [4.78, 5) is 33.5. The summed E-state index contributed by atoms with van der Waals surface area (Å²) in [5, 5.41) is 4.89. The van der Waals surface area contributed by atoms with Crippen molar-refractivity contribution in [3.05, 3.63) is 71.2 Å². The van der Waals surface area contributed by atoms with E-state index in [2.05, 4.69) is 39.9 Å². The summed E-state index contributed by atoms with van der Waals surface area (Å²) < 4.78 is 5.55. The number of nitrogens with zero attached hydrogens (tertiary/aromatic N) is 2. The molecule has 3 heterocycles. The lowest BCUT2D eigenvalue weighted by Gasteiger charge is -2.28. The van der Waals surface area contributed by atoms with Crippen molar-refractivity contribution in [3.8, 4) is 16.3 Å². The number of pyridine rings is 1. The number of ether oxygens (including phenoxy) is 1. The molecule has 1 aliphatic rings. The fourth-order valence-electron chi connectivity index (χ4n) is 4.36. The van der Waals surface area contributed by atoms with E-state index in [1.54, 1.807) is 41.6 Å². The van der Waals surface area contributed by atoms with Crippen molar-refractivity contribution in [2.24, 2.45) is 5.41 Å². The lowest BCUT2D eigenvalue weighted by Crippen LogP contribution is -2.44. The van der Waals surface area contributed by atoms with Crippen LogP contribution < -0.4 is 10.1 Å². The average molecular weight is 450 g/mol. The van der Waals surface area contributed by atoms with Gasteiger partial charge in [-0.3, -0.25) is 9.59 Å². The van der Waals surface area contributed by atoms with Crippen LogP contribution >= 0.6 is 11.3 Å². The topological polar surface area (TPSA) is 71.5 Å². The molecule has 4 rings (SSSR count). The molecule has 166 valence electrons. The predicted molar refractivity (Wildman–Crippen MR) is 126 cm³/mol. The highest BCUT2D eigenvalue weighted by atomic mass is 32.1. The van der Waals surface area contributed by atoms with E-state index < -0.39 is 5.41 Å². The Kier molecular flexibility index (Phi) is 6.55. The Hall–Kier alpha value is -3.19. The Balaban J connectivity index is 1.58.